The standard InChI is InChI=1S/C13H22F3NO4/c1-8(11(2,3)4)21-12(5)19-6-9(7-20-12)17-10(18)13(14,15)16/h8-9H,6-7H2,1-5H3,(H,17,18). The van der Waals surface area contributed by atoms with E-state index in [1.54, 1.807) is 6.92 Å². The molecule has 1 rings (SSSR count). The van der Waals surface area contributed by atoms with Crippen molar-refractivity contribution in [3.8, 4) is 0 Å². The summed E-state index contributed by atoms with van der Waals surface area (Å²) in [5, 5.41) is 1.81. The molecule has 0 bridgehead atoms. The molecule has 5 nitrogen and oxygen atoms in total. The second kappa shape index (κ2) is 6.10. The topological polar surface area (TPSA) is 56.8 Å². The van der Waals surface area contributed by atoms with Crippen molar-refractivity contribution in [1.29, 1.82) is 0 Å². The van der Waals surface area contributed by atoms with Gasteiger partial charge in [0.15, 0.2) is 0 Å². The largest absolute Gasteiger partial charge is 0.471 e. The maximum atomic E-state index is 12.1. The van der Waals surface area contributed by atoms with E-state index in [0.717, 1.165) is 0 Å². The highest BCUT2D eigenvalue weighted by Crippen LogP contribution is 2.29. The molecule has 0 spiro atoms. The van der Waals surface area contributed by atoms with Gasteiger partial charge in [0.25, 0.3) is 5.97 Å². The van der Waals surface area contributed by atoms with Crippen LogP contribution >= 0.6 is 0 Å². The number of ether oxygens (including phenoxy) is 3. The summed E-state index contributed by atoms with van der Waals surface area (Å²) in [7, 11) is 0. The number of halogens is 3. The Morgan fingerprint density at radius 2 is 1.76 bits per heavy atom. The molecule has 1 unspecified atom stereocenters. The minimum Gasteiger partial charge on any atom is -0.341 e. The lowest BCUT2D eigenvalue weighted by Gasteiger charge is -2.41. The number of carbonyl (C=O) groups excluding carboxylic acids is 1. The van der Waals surface area contributed by atoms with Gasteiger partial charge < -0.3 is 19.5 Å². The van der Waals surface area contributed by atoms with Crippen LogP contribution in [-0.4, -0.2) is 43.4 Å². The summed E-state index contributed by atoms with van der Waals surface area (Å²) >= 11 is 0. The molecule has 1 heterocycles. The first-order valence-corrected chi connectivity index (χ1v) is 6.67. The van der Waals surface area contributed by atoms with Gasteiger partial charge in [-0.1, -0.05) is 20.8 Å². The van der Waals surface area contributed by atoms with Gasteiger partial charge in [-0.2, -0.15) is 13.2 Å². The van der Waals surface area contributed by atoms with E-state index in [2.05, 4.69) is 0 Å². The van der Waals surface area contributed by atoms with Crippen LogP contribution < -0.4 is 5.32 Å². The number of hydrogen-bond acceptors (Lipinski definition) is 4. The minimum atomic E-state index is -4.92. The number of carbonyl (C=O) groups is 1. The second-order valence-corrected chi connectivity index (χ2v) is 6.28. The average Bonchev–Trinajstić information content (AvgIpc) is 2.29. The number of nitrogens with one attached hydrogen (secondary N) is 1. The van der Waals surface area contributed by atoms with E-state index in [1.165, 1.54) is 0 Å². The number of alkyl halides is 3. The lowest BCUT2D eigenvalue weighted by atomic mass is 9.90. The zero-order valence-corrected chi connectivity index (χ0v) is 12.8. The van der Waals surface area contributed by atoms with Crippen molar-refractivity contribution < 1.29 is 32.2 Å². The van der Waals surface area contributed by atoms with Gasteiger partial charge in [0.05, 0.1) is 25.4 Å². The van der Waals surface area contributed by atoms with Gasteiger partial charge in [-0.15, -0.1) is 0 Å². The molecule has 0 radical (unpaired) electrons. The van der Waals surface area contributed by atoms with Crippen LogP contribution in [0.2, 0.25) is 0 Å². The van der Waals surface area contributed by atoms with E-state index >= 15 is 0 Å². The molecule has 1 fully saturated rings. The summed E-state index contributed by atoms with van der Waals surface area (Å²) in [6.45, 7) is 9.12. The van der Waals surface area contributed by atoms with Crippen LogP contribution in [-0.2, 0) is 19.0 Å². The van der Waals surface area contributed by atoms with E-state index in [0.29, 0.717) is 0 Å². The summed E-state index contributed by atoms with van der Waals surface area (Å²) in [5.41, 5.74) is -0.142. The third kappa shape index (κ3) is 5.44. The molecule has 0 saturated carbocycles. The van der Waals surface area contributed by atoms with Gasteiger partial charge in [0, 0.05) is 6.92 Å². The van der Waals surface area contributed by atoms with Crippen molar-refractivity contribution in [3.05, 3.63) is 0 Å². The van der Waals surface area contributed by atoms with E-state index in [1.807, 2.05) is 33.0 Å². The van der Waals surface area contributed by atoms with Gasteiger partial charge in [0.2, 0.25) is 0 Å². The summed E-state index contributed by atoms with van der Waals surface area (Å²) in [5.74, 6) is -3.33. The Morgan fingerprint density at radius 1 is 1.29 bits per heavy atom. The fourth-order valence-electron chi connectivity index (χ4n) is 1.51. The number of rotatable bonds is 3. The molecular formula is C13H22F3NO4. The molecule has 0 aromatic heterocycles. The molecule has 124 valence electrons. The first kappa shape index (κ1) is 18.2. The molecule has 0 aromatic rings. The highest BCUT2D eigenvalue weighted by molar-refractivity contribution is 5.81. The van der Waals surface area contributed by atoms with Crippen molar-refractivity contribution >= 4 is 5.91 Å². The Morgan fingerprint density at radius 3 is 2.14 bits per heavy atom. The summed E-state index contributed by atoms with van der Waals surface area (Å²) in [6, 6.07) is -0.860. The van der Waals surface area contributed by atoms with Crippen molar-refractivity contribution in [2.75, 3.05) is 13.2 Å². The van der Waals surface area contributed by atoms with E-state index in [9.17, 15) is 18.0 Å². The maximum Gasteiger partial charge on any atom is 0.471 e. The van der Waals surface area contributed by atoms with Crippen LogP contribution in [0.25, 0.3) is 0 Å². The second-order valence-electron chi connectivity index (χ2n) is 6.28. The maximum absolute atomic E-state index is 12.1. The summed E-state index contributed by atoms with van der Waals surface area (Å²) in [4.78, 5) is 10.8. The smallest absolute Gasteiger partial charge is 0.341 e. The molecule has 21 heavy (non-hydrogen) atoms. The molecule has 0 aromatic carbocycles. The van der Waals surface area contributed by atoms with Crippen molar-refractivity contribution in [2.45, 2.75) is 58.9 Å². The van der Waals surface area contributed by atoms with E-state index in [-0.39, 0.29) is 24.7 Å². The Bertz CT molecular complexity index is 371. The fraction of sp³-hybridized carbons (Fsp3) is 0.923. The zero-order chi connectivity index (χ0) is 16.5. The molecule has 8 heteroatoms. The Labute approximate surface area is 122 Å². The van der Waals surface area contributed by atoms with Crippen molar-refractivity contribution in [2.24, 2.45) is 5.41 Å². The number of hydrogen-bond donors (Lipinski definition) is 1. The quantitative estimate of drug-likeness (QED) is 0.868. The van der Waals surface area contributed by atoms with Crippen LogP contribution in [0.5, 0.6) is 0 Å². The van der Waals surface area contributed by atoms with Gasteiger partial charge >= 0.3 is 12.1 Å². The highest BCUT2D eigenvalue weighted by atomic mass is 19.4. The minimum absolute atomic E-state index is 0.116. The molecule has 1 amide bonds. The van der Waals surface area contributed by atoms with Crippen LogP contribution in [0.3, 0.4) is 0 Å². The van der Waals surface area contributed by atoms with Gasteiger partial charge in [-0.05, 0) is 12.3 Å². The molecule has 1 N–H and O–H groups in total. The molecule has 1 aliphatic rings. The highest BCUT2D eigenvalue weighted by Gasteiger charge is 2.43. The predicted octanol–water partition coefficient (Wildman–Crippen LogP) is 2.21. The first-order valence-electron chi connectivity index (χ1n) is 6.67. The van der Waals surface area contributed by atoms with Crippen LogP contribution in [0, 0.1) is 5.41 Å². The zero-order valence-electron chi connectivity index (χ0n) is 12.8. The lowest BCUT2D eigenvalue weighted by molar-refractivity contribution is -0.409. The van der Waals surface area contributed by atoms with Crippen molar-refractivity contribution in [3.63, 3.8) is 0 Å². The Hall–Kier alpha value is -0.860. The van der Waals surface area contributed by atoms with Gasteiger partial charge in [-0.3, -0.25) is 4.79 Å². The summed E-state index contributed by atoms with van der Waals surface area (Å²) < 4.78 is 52.8. The third-order valence-corrected chi connectivity index (χ3v) is 3.30. The monoisotopic (exact) mass is 313 g/mol. The molecule has 1 aliphatic heterocycles. The van der Waals surface area contributed by atoms with Gasteiger partial charge in [0.1, 0.15) is 0 Å². The third-order valence-electron chi connectivity index (χ3n) is 3.30. The SMILES string of the molecule is CC(OC1(C)OCC(NC(=O)C(F)(F)F)CO1)C(C)(C)C. The molecule has 1 saturated heterocycles. The number of amides is 1. The van der Waals surface area contributed by atoms with Gasteiger partial charge in [-0.25, -0.2) is 0 Å². The molecular weight excluding hydrogens is 291 g/mol. The van der Waals surface area contributed by atoms with E-state index in [4.69, 9.17) is 14.2 Å². The Balaban J connectivity index is 2.49. The molecule has 1 atom stereocenters. The first-order chi connectivity index (χ1) is 9.33. The predicted molar refractivity (Wildman–Crippen MR) is 68.3 cm³/mol. The van der Waals surface area contributed by atoms with Crippen LogP contribution in [0.4, 0.5) is 13.2 Å². The summed E-state index contributed by atoms with van der Waals surface area (Å²) in [6.07, 6.45) is -5.11. The molecule has 0 aliphatic carbocycles. The fourth-order valence-corrected chi connectivity index (χ4v) is 1.51. The van der Waals surface area contributed by atoms with Crippen LogP contribution in [0.1, 0.15) is 34.6 Å². The van der Waals surface area contributed by atoms with Crippen LogP contribution in [0.15, 0.2) is 0 Å². The Kier molecular flexibility index (Phi) is 5.28. The lowest BCUT2D eigenvalue weighted by Crippen LogP contribution is -2.55. The van der Waals surface area contributed by atoms with Crippen molar-refractivity contribution in [1.82, 2.24) is 5.32 Å². The van der Waals surface area contributed by atoms with E-state index < -0.39 is 24.1 Å². The average molecular weight is 313 g/mol. The normalized spacial score (nSPS) is 29.0.